The number of hydrogen-bond donors (Lipinski definition) is 1. The van der Waals surface area contributed by atoms with Gasteiger partial charge in [0.1, 0.15) is 0 Å². The fraction of sp³-hybridized carbons (Fsp3) is 0.846. The number of carboxylic acid groups (broad SMARTS) is 1. The Morgan fingerprint density at radius 3 is 2.35 bits per heavy atom. The molecule has 6 nitrogen and oxygen atoms in total. The Kier molecular flexibility index (Phi) is 4.97. The van der Waals surface area contributed by atoms with Crippen LogP contribution < -0.4 is 0 Å². The van der Waals surface area contributed by atoms with Gasteiger partial charge in [0.05, 0.1) is 6.04 Å². The van der Waals surface area contributed by atoms with Gasteiger partial charge in [-0.2, -0.15) is 11.8 Å². The number of esters is 1. The zero-order chi connectivity index (χ0) is 15.7. The lowest BCUT2D eigenvalue weighted by molar-refractivity contribution is -0.162. The minimum absolute atomic E-state index is 0.458. The van der Waals surface area contributed by atoms with Crippen molar-refractivity contribution in [1.29, 1.82) is 0 Å². The second-order valence-corrected chi connectivity index (χ2v) is 7.12. The van der Waals surface area contributed by atoms with E-state index in [-0.39, 0.29) is 0 Å². The quantitative estimate of drug-likeness (QED) is 0.802. The maximum absolute atomic E-state index is 12.0. The average Bonchev–Trinajstić information content (AvgIpc) is 2.48. The molecule has 20 heavy (non-hydrogen) atoms. The van der Waals surface area contributed by atoms with Crippen LogP contribution in [0.15, 0.2) is 0 Å². The van der Waals surface area contributed by atoms with Crippen LogP contribution in [-0.2, 0) is 14.3 Å². The zero-order valence-corrected chi connectivity index (χ0v) is 13.6. The van der Waals surface area contributed by atoms with E-state index >= 15 is 0 Å². The number of ether oxygens (including phenoxy) is 2. The Morgan fingerprint density at radius 1 is 1.50 bits per heavy atom. The van der Waals surface area contributed by atoms with Crippen LogP contribution in [-0.4, -0.2) is 57.5 Å². The molecule has 0 saturated carbocycles. The summed E-state index contributed by atoms with van der Waals surface area (Å²) in [6, 6.07) is -0.586. The molecule has 1 heterocycles. The molecule has 0 aliphatic carbocycles. The first-order chi connectivity index (χ1) is 8.99. The van der Waals surface area contributed by atoms with Crippen molar-refractivity contribution in [3.63, 3.8) is 0 Å². The van der Waals surface area contributed by atoms with E-state index in [2.05, 4.69) is 0 Å². The molecule has 1 rings (SSSR count). The predicted octanol–water partition coefficient (Wildman–Crippen LogP) is 2.17. The van der Waals surface area contributed by atoms with E-state index in [1.807, 2.05) is 6.26 Å². The number of hydrogen-bond acceptors (Lipinski definition) is 5. The summed E-state index contributed by atoms with van der Waals surface area (Å²) < 4.78 is 10.8. The SMILES string of the molecule is CSCC(C1OC(C)(C)OC1=O)N(C(=O)O)C(C)(C)C. The first-order valence-corrected chi connectivity index (χ1v) is 7.81. The van der Waals surface area contributed by atoms with Gasteiger partial charge in [-0.05, 0) is 27.0 Å². The Hall–Kier alpha value is -0.950. The molecule has 1 amide bonds. The number of rotatable bonds is 4. The van der Waals surface area contributed by atoms with Crippen LogP contribution in [0.2, 0.25) is 0 Å². The molecule has 0 aromatic heterocycles. The minimum Gasteiger partial charge on any atom is -0.465 e. The maximum Gasteiger partial charge on any atom is 0.408 e. The molecule has 1 aliphatic heterocycles. The predicted molar refractivity (Wildman–Crippen MR) is 76.8 cm³/mol. The molecule has 0 aromatic carbocycles. The first-order valence-electron chi connectivity index (χ1n) is 6.41. The maximum atomic E-state index is 12.0. The van der Waals surface area contributed by atoms with E-state index in [9.17, 15) is 14.7 Å². The number of amides is 1. The van der Waals surface area contributed by atoms with Gasteiger partial charge in [-0.3, -0.25) is 4.90 Å². The van der Waals surface area contributed by atoms with Gasteiger partial charge in [-0.25, -0.2) is 9.59 Å². The summed E-state index contributed by atoms with van der Waals surface area (Å²) in [7, 11) is 0. The monoisotopic (exact) mass is 305 g/mol. The van der Waals surface area contributed by atoms with Crippen molar-refractivity contribution in [3.05, 3.63) is 0 Å². The standard InChI is InChI=1S/C13H23NO5S/c1-12(2,3)14(11(16)17)8(7-20-6)9-10(15)19-13(4,5)18-9/h8-9H,7H2,1-6H3,(H,16,17). The van der Waals surface area contributed by atoms with Gasteiger partial charge in [-0.1, -0.05) is 0 Å². The summed E-state index contributed by atoms with van der Waals surface area (Å²) in [6.45, 7) is 8.66. The average molecular weight is 305 g/mol. The third-order valence-corrected chi connectivity index (χ3v) is 3.61. The van der Waals surface area contributed by atoms with Crippen molar-refractivity contribution in [3.8, 4) is 0 Å². The van der Waals surface area contributed by atoms with Gasteiger partial charge in [-0.15, -0.1) is 0 Å². The molecule has 116 valence electrons. The molecule has 1 N–H and O–H groups in total. The van der Waals surface area contributed by atoms with Crippen LogP contribution in [0.4, 0.5) is 4.79 Å². The van der Waals surface area contributed by atoms with Crippen molar-refractivity contribution >= 4 is 23.8 Å². The number of thioether (sulfide) groups is 1. The number of nitrogens with zero attached hydrogens (tertiary/aromatic N) is 1. The highest BCUT2D eigenvalue weighted by atomic mass is 32.2. The molecule has 1 aliphatic rings. The fourth-order valence-electron chi connectivity index (χ4n) is 2.31. The smallest absolute Gasteiger partial charge is 0.408 e. The van der Waals surface area contributed by atoms with E-state index in [4.69, 9.17) is 9.47 Å². The molecular weight excluding hydrogens is 282 g/mol. The summed E-state index contributed by atoms with van der Waals surface area (Å²) in [6.07, 6.45) is -0.105. The highest BCUT2D eigenvalue weighted by Crippen LogP contribution is 2.31. The summed E-state index contributed by atoms with van der Waals surface area (Å²) >= 11 is 1.47. The van der Waals surface area contributed by atoms with E-state index in [1.54, 1.807) is 34.6 Å². The molecule has 0 bridgehead atoms. The lowest BCUT2D eigenvalue weighted by Crippen LogP contribution is -2.58. The molecule has 1 saturated heterocycles. The van der Waals surface area contributed by atoms with Gasteiger partial charge in [0.25, 0.3) is 0 Å². The Bertz CT molecular complexity index is 391. The molecule has 2 atom stereocenters. The largest absolute Gasteiger partial charge is 0.465 e. The molecular formula is C13H23NO5S. The number of carbonyl (C=O) groups is 2. The van der Waals surface area contributed by atoms with Crippen molar-refractivity contribution in [2.75, 3.05) is 12.0 Å². The Balaban J connectivity index is 3.10. The van der Waals surface area contributed by atoms with Crippen molar-refractivity contribution in [2.45, 2.75) is 58.1 Å². The van der Waals surface area contributed by atoms with Crippen molar-refractivity contribution < 1.29 is 24.2 Å². The second-order valence-electron chi connectivity index (χ2n) is 6.21. The number of cyclic esters (lactones) is 1. The van der Waals surface area contributed by atoms with E-state index < -0.39 is 35.5 Å². The molecule has 0 spiro atoms. The van der Waals surface area contributed by atoms with Gasteiger partial charge in [0, 0.05) is 25.1 Å². The molecule has 0 radical (unpaired) electrons. The molecule has 0 aromatic rings. The van der Waals surface area contributed by atoms with Gasteiger partial charge < -0.3 is 14.6 Å². The van der Waals surface area contributed by atoms with Crippen LogP contribution in [0.1, 0.15) is 34.6 Å². The van der Waals surface area contributed by atoms with Gasteiger partial charge >= 0.3 is 12.1 Å². The van der Waals surface area contributed by atoms with Crippen LogP contribution >= 0.6 is 11.8 Å². The fourth-order valence-corrected chi connectivity index (χ4v) is 2.97. The van der Waals surface area contributed by atoms with Crippen molar-refractivity contribution in [2.24, 2.45) is 0 Å². The van der Waals surface area contributed by atoms with E-state index in [1.165, 1.54) is 16.7 Å². The van der Waals surface area contributed by atoms with E-state index in [0.29, 0.717) is 5.75 Å². The summed E-state index contributed by atoms with van der Waals surface area (Å²) in [5.74, 6) is -1.07. The summed E-state index contributed by atoms with van der Waals surface area (Å²) in [5.41, 5.74) is -0.636. The molecule has 2 unspecified atom stereocenters. The topological polar surface area (TPSA) is 76.1 Å². The van der Waals surface area contributed by atoms with Gasteiger partial charge in [0.15, 0.2) is 6.10 Å². The van der Waals surface area contributed by atoms with Crippen LogP contribution in [0.5, 0.6) is 0 Å². The lowest BCUT2D eigenvalue weighted by atomic mass is 10.0. The summed E-state index contributed by atoms with van der Waals surface area (Å²) in [5, 5.41) is 9.49. The normalized spacial score (nSPS) is 23.3. The first kappa shape index (κ1) is 17.1. The van der Waals surface area contributed by atoms with Crippen LogP contribution in [0, 0.1) is 0 Å². The second kappa shape index (κ2) is 5.81. The minimum atomic E-state index is -1.07. The van der Waals surface area contributed by atoms with E-state index in [0.717, 1.165) is 0 Å². The Morgan fingerprint density at radius 2 is 2.05 bits per heavy atom. The third-order valence-electron chi connectivity index (χ3n) is 2.94. The third kappa shape index (κ3) is 3.79. The van der Waals surface area contributed by atoms with Crippen LogP contribution in [0.3, 0.4) is 0 Å². The highest BCUT2D eigenvalue weighted by molar-refractivity contribution is 7.98. The molecule has 7 heteroatoms. The highest BCUT2D eigenvalue weighted by Gasteiger charge is 2.49. The Labute approximate surface area is 123 Å². The molecule has 1 fully saturated rings. The van der Waals surface area contributed by atoms with Crippen LogP contribution in [0.25, 0.3) is 0 Å². The lowest BCUT2D eigenvalue weighted by Gasteiger charge is -2.40. The van der Waals surface area contributed by atoms with Crippen molar-refractivity contribution in [1.82, 2.24) is 4.90 Å². The van der Waals surface area contributed by atoms with Gasteiger partial charge in [0.2, 0.25) is 5.79 Å². The summed E-state index contributed by atoms with van der Waals surface area (Å²) in [4.78, 5) is 24.9. The number of carbonyl (C=O) groups excluding carboxylic acids is 1. The zero-order valence-electron chi connectivity index (χ0n) is 12.8.